The van der Waals surface area contributed by atoms with Gasteiger partial charge in [-0.1, -0.05) is 5.16 Å². The number of ether oxygens (including phenoxy) is 1. The van der Waals surface area contributed by atoms with Gasteiger partial charge in [0, 0.05) is 32.2 Å². The molecule has 2 aliphatic heterocycles. The van der Waals surface area contributed by atoms with Crippen molar-refractivity contribution in [2.24, 2.45) is 5.73 Å². The van der Waals surface area contributed by atoms with Crippen LogP contribution in [0.5, 0.6) is 0 Å². The van der Waals surface area contributed by atoms with Crippen LogP contribution in [-0.4, -0.2) is 65.4 Å². The van der Waals surface area contributed by atoms with Crippen molar-refractivity contribution in [3.8, 4) is 0 Å². The molecule has 1 atom stereocenters. The second-order valence-electron chi connectivity index (χ2n) is 6.56. The third kappa shape index (κ3) is 5.27. The fourth-order valence-electron chi connectivity index (χ4n) is 2.97. The van der Waals surface area contributed by atoms with Crippen molar-refractivity contribution in [2.45, 2.75) is 38.4 Å². The van der Waals surface area contributed by atoms with E-state index in [2.05, 4.69) is 19.9 Å². The monoisotopic (exact) mass is 367 g/mol. The molecule has 0 spiro atoms. The van der Waals surface area contributed by atoms with Crippen LogP contribution in [0.2, 0.25) is 0 Å². The first kappa shape index (κ1) is 20.6. The maximum atomic E-state index is 5.98. The molecular weight excluding hydrogens is 341 g/mol. The van der Waals surface area contributed by atoms with Crippen LogP contribution in [0.15, 0.2) is 4.52 Å². The van der Waals surface area contributed by atoms with Crippen molar-refractivity contribution in [3.05, 3.63) is 11.7 Å². The minimum atomic E-state index is -0.552. The predicted octanol–water partition coefficient (Wildman–Crippen LogP) is 1.01. The number of hydrogen-bond donors (Lipinski definition) is 1. The number of morpholine rings is 1. The topological polar surface area (TPSA) is 80.7 Å². The third-order valence-corrected chi connectivity index (χ3v) is 4.21. The van der Waals surface area contributed by atoms with E-state index in [1.54, 1.807) is 0 Å². The Morgan fingerprint density at radius 1 is 1.22 bits per heavy atom. The van der Waals surface area contributed by atoms with E-state index in [-0.39, 0.29) is 24.8 Å². The summed E-state index contributed by atoms with van der Waals surface area (Å²) in [6, 6.07) is 0.627. The molecule has 134 valence electrons. The number of nitrogens with two attached hydrogens (primary N) is 1. The van der Waals surface area contributed by atoms with Gasteiger partial charge in [0.1, 0.15) is 0 Å². The molecule has 3 rings (SSSR count). The van der Waals surface area contributed by atoms with E-state index in [1.165, 1.54) is 6.42 Å². The highest BCUT2D eigenvalue weighted by molar-refractivity contribution is 5.85. The normalized spacial score (nSPS) is 23.3. The van der Waals surface area contributed by atoms with E-state index < -0.39 is 5.54 Å². The second-order valence-corrected chi connectivity index (χ2v) is 6.56. The first-order valence-electron chi connectivity index (χ1n) is 7.68. The van der Waals surface area contributed by atoms with Crippen LogP contribution in [0.1, 0.15) is 32.0 Å². The fourth-order valence-corrected chi connectivity index (χ4v) is 2.97. The number of aromatic nitrogens is 2. The Balaban J connectivity index is 0.00000132. The van der Waals surface area contributed by atoms with E-state index in [9.17, 15) is 0 Å². The zero-order valence-corrected chi connectivity index (χ0v) is 15.4. The van der Waals surface area contributed by atoms with Crippen LogP contribution in [0.25, 0.3) is 0 Å². The van der Waals surface area contributed by atoms with Crippen LogP contribution in [0.4, 0.5) is 0 Å². The van der Waals surface area contributed by atoms with Crippen LogP contribution in [0.3, 0.4) is 0 Å². The quantitative estimate of drug-likeness (QED) is 0.850. The van der Waals surface area contributed by atoms with E-state index in [0.29, 0.717) is 24.3 Å². The summed E-state index contributed by atoms with van der Waals surface area (Å²) in [6.07, 6.45) is 1.20. The highest BCUT2D eigenvalue weighted by Gasteiger charge is 2.30. The fraction of sp³-hybridized carbons (Fsp3) is 0.857. The molecule has 0 aliphatic carbocycles. The van der Waals surface area contributed by atoms with Gasteiger partial charge in [0.15, 0.2) is 5.82 Å². The van der Waals surface area contributed by atoms with Crippen LogP contribution in [0, 0.1) is 0 Å². The van der Waals surface area contributed by atoms with Gasteiger partial charge in [0.2, 0.25) is 5.89 Å². The summed E-state index contributed by atoms with van der Waals surface area (Å²) in [5, 5.41) is 3.97. The number of nitrogens with zero attached hydrogens (tertiary/aromatic N) is 4. The largest absolute Gasteiger partial charge is 0.379 e. The molecule has 0 radical (unpaired) electrons. The van der Waals surface area contributed by atoms with Crippen molar-refractivity contribution < 1.29 is 9.26 Å². The lowest BCUT2D eigenvalue weighted by molar-refractivity contribution is 0.0182. The second kappa shape index (κ2) is 8.60. The van der Waals surface area contributed by atoms with Gasteiger partial charge in [-0.05, 0) is 20.3 Å². The molecule has 0 saturated carbocycles. The summed E-state index contributed by atoms with van der Waals surface area (Å²) < 4.78 is 10.7. The standard InChI is InChI=1S/C14H25N5O2.2ClH/c1-14(2,15)13-16-12(21-17-13)10-18-4-3-11(9-18)19-5-7-20-8-6-19;;/h11H,3-10,15H2,1-2H3;2*1H. The third-order valence-electron chi connectivity index (χ3n) is 4.21. The zero-order chi connectivity index (χ0) is 14.9. The van der Waals surface area contributed by atoms with Crippen molar-refractivity contribution >= 4 is 24.8 Å². The Morgan fingerprint density at radius 3 is 2.52 bits per heavy atom. The van der Waals surface area contributed by atoms with E-state index >= 15 is 0 Å². The number of likely N-dealkylation sites (tertiary alicyclic amines) is 1. The Hall–Kier alpha value is -0.440. The zero-order valence-electron chi connectivity index (χ0n) is 13.7. The van der Waals surface area contributed by atoms with E-state index in [1.807, 2.05) is 13.8 Å². The van der Waals surface area contributed by atoms with Gasteiger partial charge < -0.3 is 15.0 Å². The molecule has 3 heterocycles. The van der Waals surface area contributed by atoms with E-state index in [4.69, 9.17) is 15.0 Å². The highest BCUT2D eigenvalue weighted by atomic mass is 35.5. The molecule has 0 amide bonds. The molecule has 1 aromatic heterocycles. The van der Waals surface area contributed by atoms with Crippen LogP contribution < -0.4 is 5.73 Å². The van der Waals surface area contributed by atoms with Gasteiger partial charge in [-0.2, -0.15) is 4.98 Å². The molecular formula is C14H27Cl2N5O2. The molecule has 2 N–H and O–H groups in total. The molecule has 1 aromatic rings. The predicted molar refractivity (Wildman–Crippen MR) is 92.1 cm³/mol. The van der Waals surface area contributed by atoms with Gasteiger partial charge in [-0.3, -0.25) is 9.80 Å². The minimum absolute atomic E-state index is 0. The van der Waals surface area contributed by atoms with Gasteiger partial charge in [0.25, 0.3) is 0 Å². The Kier molecular flexibility index (Phi) is 7.70. The molecule has 0 aromatic carbocycles. The Labute approximate surface area is 149 Å². The van der Waals surface area contributed by atoms with Crippen molar-refractivity contribution in [2.75, 3.05) is 39.4 Å². The Bertz CT molecular complexity index is 474. The van der Waals surface area contributed by atoms with Crippen LogP contribution in [-0.2, 0) is 16.8 Å². The average Bonchev–Trinajstić information content (AvgIpc) is 3.09. The molecule has 1 unspecified atom stereocenters. The Morgan fingerprint density at radius 2 is 1.91 bits per heavy atom. The van der Waals surface area contributed by atoms with Crippen molar-refractivity contribution in [1.29, 1.82) is 0 Å². The van der Waals surface area contributed by atoms with Gasteiger partial charge in [0.05, 0.1) is 25.3 Å². The smallest absolute Gasteiger partial charge is 0.240 e. The summed E-state index contributed by atoms with van der Waals surface area (Å²) in [4.78, 5) is 9.31. The van der Waals surface area contributed by atoms with Gasteiger partial charge in [-0.15, -0.1) is 24.8 Å². The molecule has 7 nitrogen and oxygen atoms in total. The number of rotatable bonds is 4. The molecule has 0 bridgehead atoms. The number of halogens is 2. The highest BCUT2D eigenvalue weighted by Crippen LogP contribution is 2.19. The molecule has 2 aliphatic rings. The SMILES string of the molecule is CC(C)(N)c1noc(CN2CCC(N3CCOCC3)C2)n1.Cl.Cl. The van der Waals surface area contributed by atoms with Crippen LogP contribution >= 0.6 is 24.8 Å². The lowest BCUT2D eigenvalue weighted by Crippen LogP contribution is -2.44. The van der Waals surface area contributed by atoms with Gasteiger partial charge in [-0.25, -0.2) is 0 Å². The first-order chi connectivity index (χ1) is 10.0. The summed E-state index contributed by atoms with van der Waals surface area (Å²) in [5.74, 6) is 1.23. The summed E-state index contributed by atoms with van der Waals surface area (Å²) in [5.41, 5.74) is 5.43. The summed E-state index contributed by atoms with van der Waals surface area (Å²) in [7, 11) is 0. The summed E-state index contributed by atoms with van der Waals surface area (Å²) >= 11 is 0. The minimum Gasteiger partial charge on any atom is -0.379 e. The van der Waals surface area contributed by atoms with E-state index in [0.717, 1.165) is 39.4 Å². The summed E-state index contributed by atoms with van der Waals surface area (Å²) in [6.45, 7) is 10.4. The van der Waals surface area contributed by atoms with Gasteiger partial charge >= 0.3 is 0 Å². The number of hydrogen-bond acceptors (Lipinski definition) is 7. The van der Waals surface area contributed by atoms with Crippen molar-refractivity contribution in [1.82, 2.24) is 19.9 Å². The molecule has 2 fully saturated rings. The molecule has 9 heteroatoms. The first-order valence-corrected chi connectivity index (χ1v) is 7.68. The van der Waals surface area contributed by atoms with Crippen molar-refractivity contribution in [3.63, 3.8) is 0 Å². The maximum absolute atomic E-state index is 5.98. The maximum Gasteiger partial charge on any atom is 0.240 e. The molecule has 23 heavy (non-hydrogen) atoms. The lowest BCUT2D eigenvalue weighted by atomic mass is 10.1. The molecule has 2 saturated heterocycles. The average molecular weight is 368 g/mol. The lowest BCUT2D eigenvalue weighted by Gasteiger charge is -2.32.